The molecule has 3 nitrogen and oxygen atoms in total. The molecule has 0 aliphatic heterocycles. The summed E-state index contributed by atoms with van der Waals surface area (Å²) in [7, 11) is -2.91. The predicted octanol–water partition coefficient (Wildman–Crippen LogP) is 2.40. The zero-order chi connectivity index (χ0) is 11.5. The topological polar surface area (TPSA) is 46.2 Å². The first-order valence-corrected chi connectivity index (χ1v) is 7.77. The standard InChI is InChI=1S/C9H11ClINO2S/c1-15(13,14)5-4-12-9-3-2-7(10)6-8(9)11/h2-3,6,12H,4-5H2,1H3. The number of benzene rings is 1. The maximum Gasteiger partial charge on any atom is 0.149 e. The van der Waals surface area contributed by atoms with Crippen LogP contribution in [0.15, 0.2) is 18.2 Å². The van der Waals surface area contributed by atoms with E-state index in [9.17, 15) is 8.42 Å². The second-order valence-corrected chi connectivity index (χ2v) is 7.04. The molecule has 0 aliphatic carbocycles. The zero-order valence-corrected chi connectivity index (χ0v) is 11.9. The Hall–Kier alpha value is -0.0100. The van der Waals surface area contributed by atoms with E-state index in [-0.39, 0.29) is 5.75 Å². The smallest absolute Gasteiger partial charge is 0.149 e. The van der Waals surface area contributed by atoms with E-state index in [2.05, 4.69) is 27.9 Å². The Morgan fingerprint density at radius 1 is 1.47 bits per heavy atom. The van der Waals surface area contributed by atoms with Crippen molar-refractivity contribution in [2.24, 2.45) is 0 Å². The van der Waals surface area contributed by atoms with Crippen molar-refractivity contribution in [2.75, 3.05) is 23.9 Å². The van der Waals surface area contributed by atoms with Gasteiger partial charge in [0.1, 0.15) is 9.84 Å². The van der Waals surface area contributed by atoms with Crippen LogP contribution in [0.3, 0.4) is 0 Å². The van der Waals surface area contributed by atoms with Gasteiger partial charge in [0.15, 0.2) is 0 Å². The number of halogens is 2. The monoisotopic (exact) mass is 359 g/mol. The molecule has 84 valence electrons. The van der Waals surface area contributed by atoms with Crippen LogP contribution >= 0.6 is 34.2 Å². The van der Waals surface area contributed by atoms with E-state index in [0.717, 1.165) is 9.26 Å². The molecule has 0 unspecified atom stereocenters. The van der Waals surface area contributed by atoms with Gasteiger partial charge in [-0.15, -0.1) is 0 Å². The van der Waals surface area contributed by atoms with Crippen LogP contribution in [0.1, 0.15) is 0 Å². The third-order valence-electron chi connectivity index (χ3n) is 1.72. The highest BCUT2D eigenvalue weighted by atomic mass is 127. The van der Waals surface area contributed by atoms with Gasteiger partial charge in [-0.3, -0.25) is 0 Å². The van der Waals surface area contributed by atoms with Crippen LogP contribution in [0.4, 0.5) is 5.69 Å². The van der Waals surface area contributed by atoms with Crippen molar-refractivity contribution in [3.8, 4) is 0 Å². The van der Waals surface area contributed by atoms with E-state index in [1.165, 1.54) is 6.26 Å². The van der Waals surface area contributed by atoms with Crippen molar-refractivity contribution in [1.82, 2.24) is 0 Å². The molecule has 0 heterocycles. The molecule has 1 N–H and O–H groups in total. The van der Waals surface area contributed by atoms with Gasteiger partial charge in [0.2, 0.25) is 0 Å². The summed E-state index contributed by atoms with van der Waals surface area (Å²) in [4.78, 5) is 0. The van der Waals surface area contributed by atoms with Gasteiger partial charge in [-0.25, -0.2) is 8.42 Å². The van der Waals surface area contributed by atoms with E-state index in [1.54, 1.807) is 6.07 Å². The van der Waals surface area contributed by atoms with Gasteiger partial charge in [0.25, 0.3) is 0 Å². The molecule has 15 heavy (non-hydrogen) atoms. The number of anilines is 1. The molecule has 0 spiro atoms. The van der Waals surface area contributed by atoms with Crippen LogP contribution in [0.5, 0.6) is 0 Å². The lowest BCUT2D eigenvalue weighted by atomic mass is 10.3. The van der Waals surface area contributed by atoms with Crippen molar-refractivity contribution in [1.29, 1.82) is 0 Å². The second kappa shape index (κ2) is 5.36. The molecule has 1 rings (SSSR count). The molecule has 0 aromatic heterocycles. The lowest BCUT2D eigenvalue weighted by Crippen LogP contribution is -2.14. The molecular weight excluding hydrogens is 349 g/mol. The van der Waals surface area contributed by atoms with Gasteiger partial charge in [0.05, 0.1) is 5.75 Å². The first-order valence-electron chi connectivity index (χ1n) is 4.25. The van der Waals surface area contributed by atoms with Gasteiger partial charge in [-0.05, 0) is 40.8 Å². The van der Waals surface area contributed by atoms with Gasteiger partial charge < -0.3 is 5.32 Å². The predicted molar refractivity (Wildman–Crippen MR) is 72.4 cm³/mol. The van der Waals surface area contributed by atoms with Gasteiger partial charge >= 0.3 is 0 Å². The summed E-state index contributed by atoms with van der Waals surface area (Å²) in [6, 6.07) is 5.43. The molecule has 1 aromatic rings. The van der Waals surface area contributed by atoms with Crippen molar-refractivity contribution in [3.63, 3.8) is 0 Å². The van der Waals surface area contributed by atoms with E-state index in [4.69, 9.17) is 11.6 Å². The summed E-state index contributed by atoms with van der Waals surface area (Å²) in [5.41, 5.74) is 0.906. The molecule has 0 atom stereocenters. The summed E-state index contributed by atoms with van der Waals surface area (Å²) in [6.07, 6.45) is 1.22. The van der Waals surface area contributed by atoms with E-state index in [0.29, 0.717) is 11.6 Å². The second-order valence-electron chi connectivity index (χ2n) is 3.18. The molecule has 0 saturated carbocycles. The van der Waals surface area contributed by atoms with E-state index in [1.807, 2.05) is 12.1 Å². The third kappa shape index (κ3) is 5.03. The third-order valence-corrected chi connectivity index (χ3v) is 3.79. The minimum atomic E-state index is -2.91. The summed E-state index contributed by atoms with van der Waals surface area (Å²) in [5.74, 6) is 0.131. The maximum absolute atomic E-state index is 10.9. The maximum atomic E-state index is 10.9. The number of sulfone groups is 1. The molecule has 0 aliphatic rings. The molecule has 6 heteroatoms. The van der Waals surface area contributed by atoms with Crippen LogP contribution in [-0.4, -0.2) is 27.0 Å². The Morgan fingerprint density at radius 3 is 2.67 bits per heavy atom. The minimum absolute atomic E-state index is 0.131. The minimum Gasteiger partial charge on any atom is -0.383 e. The lowest BCUT2D eigenvalue weighted by Gasteiger charge is -2.07. The molecule has 0 bridgehead atoms. The number of rotatable bonds is 4. The highest BCUT2D eigenvalue weighted by molar-refractivity contribution is 14.1. The fraction of sp³-hybridized carbons (Fsp3) is 0.333. The first-order chi connectivity index (χ1) is 6.88. The fourth-order valence-corrected chi connectivity index (χ4v) is 2.54. The molecule has 1 aromatic carbocycles. The molecule has 0 amide bonds. The number of hydrogen-bond acceptors (Lipinski definition) is 3. The van der Waals surface area contributed by atoms with E-state index >= 15 is 0 Å². The highest BCUT2D eigenvalue weighted by Gasteiger charge is 2.03. The zero-order valence-electron chi connectivity index (χ0n) is 8.13. The Kier molecular flexibility index (Phi) is 4.66. The van der Waals surface area contributed by atoms with Crippen LogP contribution in [0, 0.1) is 3.57 Å². The summed E-state index contributed by atoms with van der Waals surface area (Å²) >= 11 is 7.95. The van der Waals surface area contributed by atoms with E-state index < -0.39 is 9.84 Å². The SMILES string of the molecule is CS(=O)(=O)CCNc1ccc(Cl)cc1I. The average Bonchev–Trinajstić information content (AvgIpc) is 2.07. The number of nitrogens with one attached hydrogen (secondary N) is 1. The first kappa shape index (κ1) is 13.1. The van der Waals surface area contributed by atoms with Crippen LogP contribution in [-0.2, 0) is 9.84 Å². The quantitative estimate of drug-likeness (QED) is 0.840. The van der Waals surface area contributed by atoms with Crippen molar-refractivity contribution < 1.29 is 8.42 Å². The Morgan fingerprint density at radius 2 is 2.13 bits per heavy atom. The van der Waals surface area contributed by atoms with Crippen LogP contribution in [0.25, 0.3) is 0 Å². The summed E-state index contributed by atoms with van der Waals surface area (Å²) < 4.78 is 22.8. The molecule has 0 fully saturated rings. The average molecular weight is 360 g/mol. The van der Waals surface area contributed by atoms with Gasteiger partial charge in [-0.1, -0.05) is 11.6 Å². The van der Waals surface area contributed by atoms with Gasteiger partial charge in [-0.2, -0.15) is 0 Å². The summed E-state index contributed by atoms with van der Waals surface area (Å²) in [6.45, 7) is 0.413. The van der Waals surface area contributed by atoms with Crippen LogP contribution < -0.4 is 5.32 Å². The van der Waals surface area contributed by atoms with Crippen molar-refractivity contribution in [2.45, 2.75) is 0 Å². The van der Waals surface area contributed by atoms with Crippen molar-refractivity contribution in [3.05, 3.63) is 26.8 Å². The Labute approximate surface area is 108 Å². The Bertz CT molecular complexity index is 447. The highest BCUT2D eigenvalue weighted by Crippen LogP contribution is 2.21. The van der Waals surface area contributed by atoms with Gasteiger partial charge in [0, 0.05) is 27.1 Å². The normalized spacial score (nSPS) is 11.4. The Balaban J connectivity index is 2.59. The molecule has 0 saturated heterocycles. The molecule has 0 radical (unpaired) electrons. The summed E-state index contributed by atoms with van der Waals surface area (Å²) in [5, 5.41) is 3.73. The van der Waals surface area contributed by atoms with Crippen LogP contribution in [0.2, 0.25) is 5.02 Å². The fourth-order valence-electron chi connectivity index (χ4n) is 1.00. The lowest BCUT2D eigenvalue weighted by molar-refractivity contribution is 0.602. The number of hydrogen-bond donors (Lipinski definition) is 1. The van der Waals surface area contributed by atoms with Crippen molar-refractivity contribution >= 4 is 49.7 Å². The molecular formula is C9H11ClINO2S. The largest absolute Gasteiger partial charge is 0.383 e.